The van der Waals surface area contributed by atoms with Gasteiger partial charge in [0.15, 0.2) is 15.8 Å². The number of thiophene rings is 1. The van der Waals surface area contributed by atoms with E-state index < -0.39 is 21.2 Å². The average Bonchev–Trinajstić information content (AvgIpc) is 3.34. The van der Waals surface area contributed by atoms with Crippen LogP contribution in [0.5, 0.6) is 5.75 Å². The van der Waals surface area contributed by atoms with Crippen molar-refractivity contribution in [1.82, 2.24) is 9.62 Å². The lowest BCUT2D eigenvalue weighted by molar-refractivity contribution is 0.434. The van der Waals surface area contributed by atoms with Crippen LogP contribution in [0.1, 0.15) is 35.8 Å². The van der Waals surface area contributed by atoms with Crippen molar-refractivity contribution >= 4 is 49.8 Å². The molecular weight excluding hydrogens is 474 g/mol. The van der Waals surface area contributed by atoms with Gasteiger partial charge in [-0.2, -0.15) is 8.70 Å². The zero-order valence-electron chi connectivity index (χ0n) is 18.6. The summed E-state index contributed by atoms with van der Waals surface area (Å²) in [5.41, 5.74) is 1.74. The SMILES string of the molecule is CCN(CC)S(=O)(=O)c1sc(C)c(NCC2=NS(=O)N=C2NCc2cc(C)c(C)o2)c1O. The summed E-state index contributed by atoms with van der Waals surface area (Å²) < 4.78 is 52.3. The molecule has 0 bridgehead atoms. The Hall–Kier alpha value is -2.22. The minimum absolute atomic E-state index is 0.101. The molecule has 13 heteroatoms. The minimum atomic E-state index is -3.79. The second-order valence-electron chi connectivity index (χ2n) is 7.13. The van der Waals surface area contributed by atoms with Gasteiger partial charge in [0.25, 0.3) is 21.2 Å². The van der Waals surface area contributed by atoms with Crippen molar-refractivity contribution in [2.45, 2.75) is 45.4 Å². The highest BCUT2D eigenvalue weighted by Crippen LogP contribution is 2.42. The first-order valence-electron chi connectivity index (χ1n) is 10.0. The van der Waals surface area contributed by atoms with Crippen LogP contribution in [-0.4, -0.2) is 53.2 Å². The van der Waals surface area contributed by atoms with E-state index in [0.717, 1.165) is 22.7 Å². The quantitative estimate of drug-likeness (QED) is 0.480. The molecule has 0 aliphatic carbocycles. The summed E-state index contributed by atoms with van der Waals surface area (Å²) in [6, 6.07) is 1.91. The largest absolute Gasteiger partial charge is 0.504 e. The van der Waals surface area contributed by atoms with E-state index in [2.05, 4.69) is 19.4 Å². The van der Waals surface area contributed by atoms with Crippen molar-refractivity contribution in [2.75, 3.05) is 25.0 Å². The number of nitrogens with zero attached hydrogens (tertiary/aromatic N) is 3. The Balaban J connectivity index is 1.73. The molecule has 32 heavy (non-hydrogen) atoms. The van der Waals surface area contributed by atoms with Crippen LogP contribution >= 0.6 is 11.3 Å². The molecule has 2 aromatic rings. The molecular formula is C19H27N5O5S3. The first kappa shape index (κ1) is 24.4. The molecule has 2 aromatic heterocycles. The van der Waals surface area contributed by atoms with Gasteiger partial charge in [-0.1, -0.05) is 13.8 Å². The molecule has 1 aliphatic rings. The summed E-state index contributed by atoms with van der Waals surface area (Å²) in [4.78, 5) is 0.612. The van der Waals surface area contributed by atoms with Crippen molar-refractivity contribution in [1.29, 1.82) is 0 Å². The normalized spacial score (nSPS) is 16.4. The Bertz CT molecular complexity index is 1170. The van der Waals surface area contributed by atoms with E-state index in [1.54, 1.807) is 20.8 Å². The zero-order valence-corrected chi connectivity index (χ0v) is 21.0. The summed E-state index contributed by atoms with van der Waals surface area (Å²) in [5, 5.41) is 16.7. The van der Waals surface area contributed by atoms with Crippen LogP contribution in [0.15, 0.2) is 23.5 Å². The maximum Gasteiger partial charge on any atom is 0.268 e. The molecule has 176 valence electrons. The number of amidine groups is 1. The van der Waals surface area contributed by atoms with Gasteiger partial charge >= 0.3 is 0 Å². The number of anilines is 1. The van der Waals surface area contributed by atoms with Crippen molar-refractivity contribution in [2.24, 2.45) is 8.80 Å². The summed E-state index contributed by atoms with van der Waals surface area (Å²) in [6.07, 6.45) is 0. The molecule has 0 fully saturated rings. The van der Waals surface area contributed by atoms with Crippen LogP contribution < -0.4 is 10.6 Å². The van der Waals surface area contributed by atoms with Crippen molar-refractivity contribution < 1.29 is 22.2 Å². The van der Waals surface area contributed by atoms with Gasteiger partial charge in [-0.05, 0) is 32.4 Å². The number of sulfonamides is 1. The molecule has 0 aromatic carbocycles. The molecule has 0 amide bonds. The van der Waals surface area contributed by atoms with E-state index in [0.29, 0.717) is 47.5 Å². The topological polar surface area (TPSA) is 137 Å². The van der Waals surface area contributed by atoms with Crippen LogP contribution in [0.4, 0.5) is 5.69 Å². The molecule has 0 saturated carbocycles. The number of hydrogen-bond donors (Lipinski definition) is 3. The number of hydrogen-bond acceptors (Lipinski definition) is 8. The minimum Gasteiger partial charge on any atom is -0.504 e. The van der Waals surface area contributed by atoms with E-state index in [-0.39, 0.29) is 16.5 Å². The summed E-state index contributed by atoms with van der Waals surface area (Å²) in [5.74, 6) is 1.57. The Kier molecular flexibility index (Phi) is 7.43. The highest BCUT2D eigenvalue weighted by molar-refractivity contribution is 7.91. The molecule has 0 saturated heterocycles. The van der Waals surface area contributed by atoms with E-state index in [4.69, 9.17) is 4.42 Å². The number of aryl methyl sites for hydroxylation is 3. The summed E-state index contributed by atoms with van der Waals surface area (Å²) >= 11 is -0.744. The fraction of sp³-hybridized carbons (Fsp3) is 0.474. The lowest BCUT2D eigenvalue weighted by atomic mass is 10.2. The number of rotatable bonds is 9. The Morgan fingerprint density at radius 2 is 1.84 bits per heavy atom. The third-order valence-electron chi connectivity index (χ3n) is 5.02. The smallest absolute Gasteiger partial charge is 0.268 e. The van der Waals surface area contributed by atoms with Gasteiger partial charge in [-0.3, -0.25) is 0 Å². The molecule has 3 heterocycles. The summed E-state index contributed by atoms with van der Waals surface area (Å²) in [6.45, 7) is 10.1. The van der Waals surface area contributed by atoms with Gasteiger partial charge in [-0.15, -0.1) is 15.7 Å². The third kappa shape index (κ3) is 4.90. The van der Waals surface area contributed by atoms with Crippen molar-refractivity contribution in [3.8, 4) is 5.75 Å². The second kappa shape index (κ2) is 9.73. The van der Waals surface area contributed by atoms with Crippen molar-refractivity contribution in [3.63, 3.8) is 0 Å². The number of furan rings is 1. The molecule has 1 aliphatic heterocycles. The fourth-order valence-corrected chi connectivity index (χ4v) is 7.02. The van der Waals surface area contributed by atoms with Gasteiger partial charge < -0.3 is 20.2 Å². The molecule has 0 radical (unpaired) electrons. The highest BCUT2D eigenvalue weighted by Gasteiger charge is 2.30. The lowest BCUT2D eigenvalue weighted by Crippen LogP contribution is -2.33. The van der Waals surface area contributed by atoms with Crippen molar-refractivity contribution in [3.05, 3.63) is 28.0 Å². The van der Waals surface area contributed by atoms with Crippen LogP contribution in [0.3, 0.4) is 0 Å². The Labute approximate surface area is 194 Å². The van der Waals surface area contributed by atoms with Gasteiger partial charge in [0.1, 0.15) is 17.2 Å². The average molecular weight is 502 g/mol. The monoisotopic (exact) mass is 501 g/mol. The van der Waals surface area contributed by atoms with Crippen LogP contribution in [0.2, 0.25) is 0 Å². The Morgan fingerprint density at radius 3 is 2.44 bits per heavy atom. The van der Waals surface area contributed by atoms with Gasteiger partial charge in [-0.25, -0.2) is 12.6 Å². The zero-order chi connectivity index (χ0) is 23.6. The predicted molar refractivity (Wildman–Crippen MR) is 127 cm³/mol. The van der Waals surface area contributed by atoms with Crippen LogP contribution in [-0.2, 0) is 27.7 Å². The Morgan fingerprint density at radius 1 is 1.16 bits per heavy atom. The molecule has 3 N–H and O–H groups in total. The van der Waals surface area contributed by atoms with Gasteiger partial charge in [0, 0.05) is 18.0 Å². The molecule has 1 atom stereocenters. The molecule has 0 spiro atoms. The van der Waals surface area contributed by atoms with Gasteiger partial charge in [0.05, 0.1) is 18.8 Å². The molecule has 10 nitrogen and oxygen atoms in total. The molecule has 3 rings (SSSR count). The van der Waals surface area contributed by atoms with E-state index >= 15 is 0 Å². The van der Waals surface area contributed by atoms with Gasteiger partial charge in [0.2, 0.25) is 0 Å². The standard InChI is InChI=1S/C19H27N5O5S3/c1-6-24(7-2)32(27,28)19-17(25)16(13(5)30-19)20-10-15-18(23-31(26)22-15)21-9-14-8-11(3)12(4)29-14/h8,20,25H,6-7,9-10H2,1-5H3,(H,21,23). The first-order chi connectivity index (χ1) is 15.1. The lowest BCUT2D eigenvalue weighted by Gasteiger charge is -2.17. The van der Waals surface area contributed by atoms with Crippen LogP contribution in [0.25, 0.3) is 0 Å². The number of nitrogens with one attached hydrogen (secondary N) is 2. The third-order valence-corrected chi connectivity index (χ3v) is 9.36. The van der Waals surface area contributed by atoms with E-state index in [9.17, 15) is 17.7 Å². The second-order valence-corrected chi connectivity index (χ2v) is 11.3. The number of aromatic hydroxyl groups is 1. The summed E-state index contributed by atoms with van der Waals surface area (Å²) in [7, 11) is -3.79. The highest BCUT2D eigenvalue weighted by atomic mass is 32.2. The van der Waals surface area contributed by atoms with Crippen LogP contribution in [0, 0.1) is 20.8 Å². The van der Waals surface area contributed by atoms with E-state index in [1.165, 1.54) is 4.31 Å². The van der Waals surface area contributed by atoms with E-state index in [1.807, 2.05) is 19.9 Å². The predicted octanol–water partition coefficient (Wildman–Crippen LogP) is 2.64. The first-order valence-corrected chi connectivity index (χ1v) is 13.3. The maximum atomic E-state index is 12.8. The maximum absolute atomic E-state index is 12.8. The fourth-order valence-electron chi connectivity index (χ4n) is 3.19. The molecule has 1 unspecified atom stereocenters.